The molecule has 0 heterocycles. The minimum atomic E-state index is -1.42. The maximum atomic E-state index is 8.62. The van der Waals surface area contributed by atoms with Crippen LogP contribution >= 0.6 is 0 Å². The fourth-order valence-electron chi connectivity index (χ4n) is 0.467. The van der Waals surface area contributed by atoms with Crippen LogP contribution in [0.4, 0.5) is 0 Å². The summed E-state index contributed by atoms with van der Waals surface area (Å²) in [7, 11) is -1.42. The Morgan fingerprint density at radius 3 is 2.08 bits per heavy atom. The van der Waals surface area contributed by atoms with Crippen LogP contribution in [-0.2, 0) is 0 Å². The summed E-state index contributed by atoms with van der Waals surface area (Å²) in [5, 5.41) is 17.2. The number of rotatable bonds is 3. The normalized spacial score (nSPS) is 10.6. The van der Waals surface area contributed by atoms with Crippen LogP contribution < -0.4 is 0 Å². The summed E-state index contributed by atoms with van der Waals surface area (Å²) in [5.74, 6) is 0. The fourth-order valence-corrected chi connectivity index (χ4v) is 0.467. The van der Waals surface area contributed by atoms with Gasteiger partial charge in [0.15, 0.2) is 0 Å². The molecule has 0 spiro atoms. The van der Waals surface area contributed by atoms with Gasteiger partial charge in [0.05, 0.1) is 0 Å². The molecule has 0 saturated heterocycles. The zero-order valence-electron chi connectivity index (χ0n) is 7.99. The van der Waals surface area contributed by atoms with E-state index >= 15 is 0 Å². The van der Waals surface area contributed by atoms with E-state index in [-0.39, 0.29) is 0 Å². The lowest BCUT2D eigenvalue weighted by molar-refractivity contribution is 0.420. The SMILES string of the molecule is C=C/C(=C\C=C/C)B(O)O.CC. The quantitative estimate of drug-likeness (QED) is 0.497. The van der Waals surface area contributed by atoms with Gasteiger partial charge in [-0.05, 0) is 12.4 Å². The van der Waals surface area contributed by atoms with Crippen molar-refractivity contribution in [3.63, 3.8) is 0 Å². The fraction of sp³-hybridized carbons (Fsp3) is 0.333. The molecule has 0 aromatic rings. The first-order chi connectivity index (χ1) is 5.72. The lowest BCUT2D eigenvalue weighted by Gasteiger charge is -1.94. The second kappa shape index (κ2) is 10.2. The van der Waals surface area contributed by atoms with E-state index in [4.69, 9.17) is 10.0 Å². The third-order valence-electron chi connectivity index (χ3n) is 1.01. The molecule has 0 aliphatic carbocycles. The zero-order chi connectivity index (χ0) is 9.98. The van der Waals surface area contributed by atoms with E-state index in [9.17, 15) is 0 Å². The lowest BCUT2D eigenvalue weighted by atomic mass is 9.79. The summed E-state index contributed by atoms with van der Waals surface area (Å²) in [6.07, 6.45) is 6.52. The van der Waals surface area contributed by atoms with Crippen LogP contribution in [0.5, 0.6) is 0 Å². The topological polar surface area (TPSA) is 40.5 Å². The van der Waals surface area contributed by atoms with E-state index in [0.717, 1.165) is 0 Å². The van der Waals surface area contributed by atoms with Crippen molar-refractivity contribution >= 4 is 7.12 Å². The highest BCUT2D eigenvalue weighted by Gasteiger charge is 2.08. The average molecular weight is 168 g/mol. The Morgan fingerprint density at radius 1 is 1.33 bits per heavy atom. The highest BCUT2D eigenvalue weighted by molar-refractivity contribution is 6.51. The Labute approximate surface area is 75.1 Å². The standard InChI is InChI=1S/C7H11BO2.C2H6/c1-3-5-6-7(4-2)8(9)10;1-2/h3-6,9-10H,2H2,1H3;1-2H3/b5-3-,7-6+;. The molecule has 12 heavy (non-hydrogen) atoms. The van der Waals surface area contributed by atoms with Gasteiger partial charge in [0, 0.05) is 0 Å². The summed E-state index contributed by atoms with van der Waals surface area (Å²) in [6, 6.07) is 0. The molecule has 0 aromatic carbocycles. The minimum Gasteiger partial charge on any atom is -0.423 e. The first-order valence-corrected chi connectivity index (χ1v) is 4.03. The van der Waals surface area contributed by atoms with Gasteiger partial charge in [0.25, 0.3) is 0 Å². The van der Waals surface area contributed by atoms with Crippen molar-refractivity contribution in [2.75, 3.05) is 0 Å². The van der Waals surface area contributed by atoms with Crippen LogP contribution in [0.3, 0.4) is 0 Å². The Kier molecular flexibility index (Phi) is 11.7. The van der Waals surface area contributed by atoms with E-state index in [1.54, 1.807) is 18.2 Å². The largest absolute Gasteiger partial charge is 0.488 e. The molecule has 0 fully saturated rings. The molecule has 3 heteroatoms. The van der Waals surface area contributed by atoms with Crippen LogP contribution in [0.15, 0.2) is 36.4 Å². The van der Waals surface area contributed by atoms with Crippen molar-refractivity contribution < 1.29 is 10.0 Å². The molecule has 0 atom stereocenters. The van der Waals surface area contributed by atoms with E-state index in [0.29, 0.717) is 5.47 Å². The van der Waals surface area contributed by atoms with Gasteiger partial charge >= 0.3 is 7.12 Å². The predicted molar refractivity (Wildman–Crippen MR) is 54.6 cm³/mol. The van der Waals surface area contributed by atoms with Gasteiger partial charge in [-0.3, -0.25) is 0 Å². The summed E-state index contributed by atoms with van der Waals surface area (Å²) in [5.41, 5.74) is 0.401. The Balaban J connectivity index is 0. The third-order valence-corrected chi connectivity index (χ3v) is 1.01. The van der Waals surface area contributed by atoms with Crippen molar-refractivity contribution in [1.82, 2.24) is 0 Å². The average Bonchev–Trinajstić information content (AvgIpc) is 2.09. The van der Waals surface area contributed by atoms with Crippen LogP contribution in [0.1, 0.15) is 20.8 Å². The summed E-state index contributed by atoms with van der Waals surface area (Å²) in [4.78, 5) is 0. The second-order valence-corrected chi connectivity index (χ2v) is 1.77. The minimum absolute atomic E-state index is 0.401. The van der Waals surface area contributed by atoms with Crippen LogP contribution in [0.2, 0.25) is 0 Å². The molecule has 0 rings (SSSR count). The van der Waals surface area contributed by atoms with E-state index in [1.165, 1.54) is 6.08 Å². The van der Waals surface area contributed by atoms with E-state index in [1.807, 2.05) is 20.8 Å². The first kappa shape index (κ1) is 13.8. The molecule has 0 aromatic heterocycles. The molecule has 0 bridgehead atoms. The molecular formula is C9H17BO2. The van der Waals surface area contributed by atoms with Gasteiger partial charge in [0.2, 0.25) is 0 Å². The highest BCUT2D eigenvalue weighted by Crippen LogP contribution is 1.96. The molecule has 0 aliphatic heterocycles. The molecular weight excluding hydrogens is 151 g/mol. The van der Waals surface area contributed by atoms with Gasteiger partial charge < -0.3 is 10.0 Å². The van der Waals surface area contributed by atoms with Crippen molar-refractivity contribution in [3.05, 3.63) is 36.4 Å². The van der Waals surface area contributed by atoms with Gasteiger partial charge in [0.1, 0.15) is 0 Å². The molecule has 2 nitrogen and oxygen atoms in total. The summed E-state index contributed by atoms with van der Waals surface area (Å²) in [6.45, 7) is 9.26. The van der Waals surface area contributed by atoms with Crippen LogP contribution in [-0.4, -0.2) is 17.2 Å². The molecule has 0 unspecified atom stereocenters. The van der Waals surface area contributed by atoms with Crippen LogP contribution in [0.25, 0.3) is 0 Å². The molecule has 0 radical (unpaired) electrons. The highest BCUT2D eigenvalue weighted by atomic mass is 16.4. The molecule has 2 N–H and O–H groups in total. The van der Waals surface area contributed by atoms with Gasteiger partial charge in [-0.15, -0.1) is 0 Å². The Morgan fingerprint density at radius 2 is 1.83 bits per heavy atom. The maximum Gasteiger partial charge on any atom is 0.488 e. The lowest BCUT2D eigenvalue weighted by Crippen LogP contribution is -2.13. The molecule has 0 saturated carbocycles. The predicted octanol–water partition coefficient (Wildman–Crippen LogP) is 1.71. The van der Waals surface area contributed by atoms with Gasteiger partial charge in [-0.2, -0.15) is 0 Å². The monoisotopic (exact) mass is 168 g/mol. The zero-order valence-corrected chi connectivity index (χ0v) is 7.99. The van der Waals surface area contributed by atoms with Crippen LogP contribution in [0, 0.1) is 0 Å². The molecule has 68 valence electrons. The third kappa shape index (κ3) is 7.31. The number of hydrogen-bond acceptors (Lipinski definition) is 2. The number of allylic oxidation sites excluding steroid dienone is 5. The van der Waals surface area contributed by atoms with E-state index in [2.05, 4.69) is 6.58 Å². The van der Waals surface area contributed by atoms with Crippen molar-refractivity contribution in [1.29, 1.82) is 0 Å². The van der Waals surface area contributed by atoms with Crippen molar-refractivity contribution in [2.45, 2.75) is 20.8 Å². The Bertz CT molecular complexity index is 160. The van der Waals surface area contributed by atoms with Crippen molar-refractivity contribution in [2.24, 2.45) is 0 Å². The Hall–Kier alpha value is -0.795. The molecule has 0 aliphatic rings. The van der Waals surface area contributed by atoms with Crippen molar-refractivity contribution in [3.8, 4) is 0 Å². The second-order valence-electron chi connectivity index (χ2n) is 1.77. The summed E-state index contributed by atoms with van der Waals surface area (Å²) < 4.78 is 0. The smallest absolute Gasteiger partial charge is 0.423 e. The van der Waals surface area contributed by atoms with E-state index < -0.39 is 7.12 Å². The first-order valence-electron chi connectivity index (χ1n) is 4.03. The van der Waals surface area contributed by atoms with Gasteiger partial charge in [-0.25, -0.2) is 0 Å². The van der Waals surface area contributed by atoms with Gasteiger partial charge in [-0.1, -0.05) is 44.7 Å². The molecule has 0 amide bonds. The maximum absolute atomic E-state index is 8.62. The number of hydrogen-bond donors (Lipinski definition) is 2. The summed E-state index contributed by atoms with van der Waals surface area (Å²) >= 11 is 0.